The van der Waals surface area contributed by atoms with Gasteiger partial charge >= 0.3 is 0 Å². The Kier molecular flexibility index (Phi) is 5.01. The van der Waals surface area contributed by atoms with Crippen molar-refractivity contribution in [2.75, 3.05) is 24.8 Å². The van der Waals surface area contributed by atoms with E-state index in [9.17, 15) is 0 Å². The topological polar surface area (TPSA) is 59.1 Å². The molecule has 2 N–H and O–H groups in total. The highest BCUT2D eigenvalue weighted by Crippen LogP contribution is 2.32. The van der Waals surface area contributed by atoms with Gasteiger partial charge in [-0.1, -0.05) is 29.8 Å². The van der Waals surface area contributed by atoms with Crippen molar-refractivity contribution in [2.45, 2.75) is 19.8 Å². The van der Waals surface area contributed by atoms with E-state index in [0.717, 1.165) is 33.1 Å². The molecule has 0 amide bonds. The number of rotatable bonds is 5. The number of halogens is 1. The van der Waals surface area contributed by atoms with Crippen molar-refractivity contribution in [1.29, 1.82) is 0 Å². The van der Waals surface area contributed by atoms with Gasteiger partial charge < -0.3 is 15.4 Å². The van der Waals surface area contributed by atoms with E-state index in [1.807, 2.05) is 25.2 Å². The molecule has 0 aliphatic rings. The molecule has 0 aliphatic carbocycles. The summed E-state index contributed by atoms with van der Waals surface area (Å²) in [6, 6.07) is 5.82. The lowest BCUT2D eigenvalue weighted by atomic mass is 10.0. The lowest BCUT2D eigenvalue weighted by Crippen LogP contribution is -2.07. The predicted octanol–water partition coefficient (Wildman–Crippen LogP) is 4.16. The molecule has 1 aromatic carbocycles. The molecule has 0 spiro atoms. The van der Waals surface area contributed by atoms with Crippen LogP contribution in [0.3, 0.4) is 0 Å². The molecule has 1 aromatic heterocycles. The molecule has 0 bridgehead atoms. The molecule has 2 rings (SSSR count). The van der Waals surface area contributed by atoms with Crippen molar-refractivity contribution in [1.82, 2.24) is 9.97 Å². The molecule has 0 fully saturated rings. The van der Waals surface area contributed by atoms with Crippen molar-refractivity contribution in [3.8, 4) is 5.75 Å². The van der Waals surface area contributed by atoms with Crippen LogP contribution in [0.25, 0.3) is 0 Å². The molecule has 0 aliphatic heterocycles. The summed E-state index contributed by atoms with van der Waals surface area (Å²) in [5.74, 6) is 2.71. The molecule has 2 aromatic rings. The maximum absolute atomic E-state index is 5.28. The maximum Gasteiger partial charge on any atom is 0.139 e. The number of ether oxygens (including phenoxy) is 1. The number of methoxy groups -OCH3 is 1. The minimum absolute atomic E-state index is 0.296. The third kappa shape index (κ3) is 3.64. The molecule has 0 saturated heterocycles. The van der Waals surface area contributed by atoms with E-state index < -0.39 is 0 Å². The third-order valence-electron chi connectivity index (χ3n) is 3.07. The number of hydrogen-bond acceptors (Lipinski definition) is 5. The van der Waals surface area contributed by atoms with Crippen molar-refractivity contribution >= 4 is 33.3 Å². The minimum Gasteiger partial charge on any atom is -0.497 e. The normalized spacial score (nSPS) is 10.6. The number of anilines is 3. The highest BCUT2D eigenvalue weighted by atomic mass is 79.9. The first-order chi connectivity index (χ1) is 10.0. The van der Waals surface area contributed by atoms with E-state index in [0.29, 0.717) is 5.92 Å². The summed E-state index contributed by atoms with van der Waals surface area (Å²) < 4.78 is 6.22. The first-order valence-electron chi connectivity index (χ1n) is 6.69. The standard InChI is InChI=1S/C15H19BrN4O/c1-9(2)13-14(17-3)18-8-19-15(13)20-11-5-10(16)6-12(7-11)21-4/h5-9H,1-4H3,(H2,17,18,19,20). The van der Waals surface area contributed by atoms with Gasteiger partial charge in [0, 0.05) is 28.8 Å². The summed E-state index contributed by atoms with van der Waals surface area (Å²) >= 11 is 3.48. The molecule has 0 radical (unpaired) electrons. The zero-order valence-electron chi connectivity index (χ0n) is 12.6. The number of aromatic nitrogens is 2. The summed E-state index contributed by atoms with van der Waals surface area (Å²) in [6.45, 7) is 4.23. The maximum atomic E-state index is 5.28. The number of hydrogen-bond donors (Lipinski definition) is 2. The molecule has 21 heavy (non-hydrogen) atoms. The Morgan fingerprint density at radius 3 is 2.48 bits per heavy atom. The quantitative estimate of drug-likeness (QED) is 0.847. The van der Waals surface area contributed by atoms with Crippen molar-refractivity contribution in [3.63, 3.8) is 0 Å². The van der Waals surface area contributed by atoms with Crippen molar-refractivity contribution in [2.24, 2.45) is 0 Å². The van der Waals surface area contributed by atoms with E-state index >= 15 is 0 Å². The van der Waals surface area contributed by atoms with Crippen LogP contribution in [0.5, 0.6) is 5.75 Å². The second kappa shape index (κ2) is 6.76. The van der Waals surface area contributed by atoms with Gasteiger partial charge in [0.2, 0.25) is 0 Å². The summed E-state index contributed by atoms with van der Waals surface area (Å²) in [5.41, 5.74) is 1.96. The summed E-state index contributed by atoms with van der Waals surface area (Å²) in [4.78, 5) is 8.65. The van der Waals surface area contributed by atoms with Crippen LogP contribution in [0.2, 0.25) is 0 Å². The smallest absolute Gasteiger partial charge is 0.139 e. The average molecular weight is 351 g/mol. The monoisotopic (exact) mass is 350 g/mol. The highest BCUT2D eigenvalue weighted by molar-refractivity contribution is 9.10. The third-order valence-corrected chi connectivity index (χ3v) is 3.53. The molecule has 0 saturated carbocycles. The fourth-order valence-corrected chi connectivity index (χ4v) is 2.60. The second-order valence-electron chi connectivity index (χ2n) is 4.89. The van der Waals surface area contributed by atoms with Gasteiger partial charge in [0.05, 0.1) is 7.11 Å². The Hall–Kier alpha value is -1.82. The number of benzene rings is 1. The first kappa shape index (κ1) is 15.6. The van der Waals surface area contributed by atoms with Crippen molar-refractivity contribution in [3.05, 3.63) is 34.6 Å². The summed E-state index contributed by atoms with van der Waals surface area (Å²) in [7, 11) is 3.51. The molecule has 5 nitrogen and oxygen atoms in total. The average Bonchev–Trinajstić information content (AvgIpc) is 2.45. The Bertz CT molecular complexity index is 631. The molecule has 112 valence electrons. The predicted molar refractivity (Wildman–Crippen MR) is 89.6 cm³/mol. The Balaban J connectivity index is 2.42. The van der Waals surface area contributed by atoms with Crippen LogP contribution >= 0.6 is 15.9 Å². The second-order valence-corrected chi connectivity index (χ2v) is 5.81. The fourth-order valence-electron chi connectivity index (χ4n) is 2.13. The number of nitrogens with one attached hydrogen (secondary N) is 2. The molecule has 0 atom stereocenters. The van der Waals surface area contributed by atoms with Gasteiger partial charge in [-0.15, -0.1) is 0 Å². The van der Waals surface area contributed by atoms with Gasteiger partial charge in [-0.05, 0) is 18.1 Å². The fraction of sp³-hybridized carbons (Fsp3) is 0.333. The highest BCUT2D eigenvalue weighted by Gasteiger charge is 2.14. The lowest BCUT2D eigenvalue weighted by Gasteiger charge is -2.17. The van der Waals surface area contributed by atoms with Crippen LogP contribution in [-0.4, -0.2) is 24.1 Å². The Labute approximate surface area is 133 Å². The Morgan fingerprint density at radius 2 is 1.86 bits per heavy atom. The van der Waals surface area contributed by atoms with Crippen LogP contribution in [-0.2, 0) is 0 Å². The number of nitrogens with zero attached hydrogens (tertiary/aromatic N) is 2. The summed E-state index contributed by atoms with van der Waals surface area (Å²) in [6.07, 6.45) is 1.55. The van der Waals surface area contributed by atoms with Gasteiger partial charge in [-0.25, -0.2) is 9.97 Å². The van der Waals surface area contributed by atoms with Crippen molar-refractivity contribution < 1.29 is 4.74 Å². The van der Waals surface area contributed by atoms with E-state index in [1.165, 1.54) is 0 Å². The Morgan fingerprint density at radius 1 is 1.14 bits per heavy atom. The minimum atomic E-state index is 0.296. The first-order valence-corrected chi connectivity index (χ1v) is 7.48. The lowest BCUT2D eigenvalue weighted by molar-refractivity contribution is 0.415. The zero-order chi connectivity index (χ0) is 15.4. The van der Waals surface area contributed by atoms with Gasteiger partial charge in [-0.2, -0.15) is 0 Å². The van der Waals surface area contributed by atoms with Crippen LogP contribution in [0, 0.1) is 0 Å². The van der Waals surface area contributed by atoms with Gasteiger partial charge in [-0.3, -0.25) is 0 Å². The van der Waals surface area contributed by atoms with Gasteiger partial charge in [0.1, 0.15) is 23.7 Å². The van der Waals surface area contributed by atoms with Crippen LogP contribution in [0.15, 0.2) is 29.0 Å². The van der Waals surface area contributed by atoms with Gasteiger partial charge in [0.25, 0.3) is 0 Å². The van der Waals surface area contributed by atoms with E-state index in [2.05, 4.69) is 50.4 Å². The van der Waals surface area contributed by atoms with Crippen LogP contribution in [0.4, 0.5) is 17.3 Å². The van der Waals surface area contributed by atoms with E-state index in [1.54, 1.807) is 13.4 Å². The molecular formula is C15H19BrN4O. The largest absolute Gasteiger partial charge is 0.497 e. The van der Waals surface area contributed by atoms with Gasteiger partial charge in [0.15, 0.2) is 0 Å². The molecular weight excluding hydrogens is 332 g/mol. The van der Waals surface area contributed by atoms with E-state index in [4.69, 9.17) is 4.74 Å². The SMILES string of the molecule is CNc1ncnc(Nc2cc(Br)cc(OC)c2)c1C(C)C. The molecule has 0 unspecified atom stereocenters. The van der Waals surface area contributed by atoms with Crippen LogP contribution < -0.4 is 15.4 Å². The van der Waals surface area contributed by atoms with E-state index in [-0.39, 0.29) is 0 Å². The molecule has 6 heteroatoms. The molecule has 1 heterocycles. The summed E-state index contributed by atoms with van der Waals surface area (Å²) in [5, 5.41) is 6.45. The zero-order valence-corrected chi connectivity index (χ0v) is 14.2. The van der Waals surface area contributed by atoms with Crippen LogP contribution in [0.1, 0.15) is 25.3 Å².